The minimum Gasteiger partial charge on any atom is -0.464 e. The number of nitrogens with one attached hydrogen (secondary N) is 1. The molecule has 0 amide bonds. The lowest BCUT2D eigenvalue weighted by Gasteiger charge is -2.15. The molecule has 0 radical (unpaired) electrons. The number of aliphatic hydroxyl groups is 1. The van der Waals surface area contributed by atoms with Crippen LogP contribution in [-0.2, 0) is 16.0 Å². The maximum Gasteiger partial charge on any atom is 0.339 e. The van der Waals surface area contributed by atoms with E-state index in [1.807, 2.05) is 24.4 Å². The predicted molar refractivity (Wildman–Crippen MR) is 111 cm³/mol. The minimum absolute atomic E-state index is 0.231. The molecule has 28 heavy (non-hydrogen) atoms. The lowest BCUT2D eigenvalue weighted by Crippen LogP contribution is -2.15. The molecule has 0 aliphatic heterocycles. The molecule has 0 fully saturated rings. The van der Waals surface area contributed by atoms with Crippen molar-refractivity contribution in [3.8, 4) is 10.7 Å². The van der Waals surface area contributed by atoms with Gasteiger partial charge < -0.3 is 15.2 Å². The summed E-state index contributed by atoms with van der Waals surface area (Å²) in [5.74, 6) is 0.808. The summed E-state index contributed by atoms with van der Waals surface area (Å²) < 4.78 is 4.86. The highest BCUT2D eigenvalue weighted by Gasteiger charge is 2.18. The average molecular weight is 398 g/mol. The number of carbonyl (C=O) groups is 1. The molecule has 1 aromatic carbocycles. The third kappa shape index (κ3) is 4.37. The Morgan fingerprint density at radius 3 is 2.57 bits per heavy atom. The second kappa shape index (κ2) is 8.95. The van der Waals surface area contributed by atoms with Gasteiger partial charge in [-0.1, -0.05) is 25.1 Å². The first-order valence-electron chi connectivity index (χ1n) is 9.16. The van der Waals surface area contributed by atoms with E-state index in [-0.39, 0.29) is 6.61 Å². The fourth-order valence-electron chi connectivity index (χ4n) is 2.88. The van der Waals surface area contributed by atoms with Crippen molar-refractivity contribution >= 4 is 28.8 Å². The monoisotopic (exact) mass is 397 g/mol. The Labute approximate surface area is 168 Å². The van der Waals surface area contributed by atoms with E-state index in [4.69, 9.17) is 9.72 Å². The Kier molecular flexibility index (Phi) is 6.38. The highest BCUT2D eigenvalue weighted by Crippen LogP contribution is 2.28. The number of benzene rings is 1. The van der Waals surface area contributed by atoms with Crippen molar-refractivity contribution in [1.29, 1.82) is 0 Å². The van der Waals surface area contributed by atoms with E-state index >= 15 is 0 Å². The van der Waals surface area contributed by atoms with Crippen LogP contribution < -0.4 is 5.32 Å². The van der Waals surface area contributed by atoms with Crippen LogP contribution in [0.1, 0.15) is 36.8 Å². The molecule has 2 heterocycles. The molecule has 2 aromatic heterocycles. The van der Waals surface area contributed by atoms with Crippen LogP contribution >= 0.6 is 11.3 Å². The zero-order chi connectivity index (χ0) is 20.1. The van der Waals surface area contributed by atoms with Gasteiger partial charge in [-0.3, -0.25) is 0 Å². The molecule has 146 valence electrons. The number of anilines is 2. The summed E-state index contributed by atoms with van der Waals surface area (Å²) in [5.41, 5.74) is 3.29. The van der Waals surface area contributed by atoms with Gasteiger partial charge in [0.2, 0.25) is 0 Å². The number of thiophene rings is 1. The van der Waals surface area contributed by atoms with Gasteiger partial charge in [0.25, 0.3) is 0 Å². The van der Waals surface area contributed by atoms with Crippen molar-refractivity contribution < 1.29 is 14.6 Å². The van der Waals surface area contributed by atoms with Crippen molar-refractivity contribution in [2.45, 2.75) is 33.3 Å². The second-order valence-electron chi connectivity index (χ2n) is 6.19. The zero-order valence-electron chi connectivity index (χ0n) is 16.1. The van der Waals surface area contributed by atoms with E-state index in [9.17, 15) is 9.90 Å². The van der Waals surface area contributed by atoms with Crippen molar-refractivity contribution in [1.82, 2.24) is 9.97 Å². The van der Waals surface area contributed by atoms with Crippen molar-refractivity contribution in [3.05, 3.63) is 58.6 Å². The molecule has 0 aliphatic rings. The average Bonchev–Trinajstić information content (AvgIpc) is 3.23. The fraction of sp³-hybridized carbons (Fsp3) is 0.286. The summed E-state index contributed by atoms with van der Waals surface area (Å²) in [5, 5.41) is 15.4. The van der Waals surface area contributed by atoms with Crippen LogP contribution in [0.3, 0.4) is 0 Å². The number of rotatable bonds is 7. The van der Waals surface area contributed by atoms with Crippen LogP contribution in [0.4, 0.5) is 11.5 Å². The number of aryl methyl sites for hydroxylation is 1. The van der Waals surface area contributed by atoms with Crippen molar-refractivity contribution in [3.63, 3.8) is 0 Å². The van der Waals surface area contributed by atoms with Gasteiger partial charge in [0, 0.05) is 16.9 Å². The summed E-state index contributed by atoms with van der Waals surface area (Å²) in [7, 11) is 0. The van der Waals surface area contributed by atoms with Gasteiger partial charge in [-0.2, -0.15) is 0 Å². The summed E-state index contributed by atoms with van der Waals surface area (Å²) in [6, 6.07) is 11.0. The first-order valence-corrected chi connectivity index (χ1v) is 10.0. The van der Waals surface area contributed by atoms with Gasteiger partial charge >= 0.3 is 5.97 Å². The minimum atomic E-state index is -1.29. The Hall–Kier alpha value is -2.77. The number of ether oxygens (including phenoxy) is 1. The lowest BCUT2D eigenvalue weighted by molar-refractivity contribution is -0.153. The number of nitrogens with zero attached hydrogens (tertiary/aromatic N) is 2. The molecule has 0 saturated carbocycles. The van der Waals surface area contributed by atoms with E-state index < -0.39 is 12.1 Å². The standard InChI is InChI=1S/C21H23N3O3S/c1-4-16-13(3)22-20(17-7-6-12-28-17)24-19(16)23-15-10-8-14(9-11-15)18(25)21(26)27-5-2/h6-12,18,25H,4-5H2,1-3H3,(H,22,23,24). The Morgan fingerprint density at radius 2 is 1.96 bits per heavy atom. The molecule has 3 rings (SSSR count). The first kappa shape index (κ1) is 20.0. The van der Waals surface area contributed by atoms with Gasteiger partial charge in [-0.25, -0.2) is 14.8 Å². The second-order valence-corrected chi connectivity index (χ2v) is 7.14. The number of carbonyl (C=O) groups excluding carboxylic acids is 1. The van der Waals surface area contributed by atoms with E-state index in [1.165, 1.54) is 0 Å². The van der Waals surface area contributed by atoms with E-state index in [0.717, 1.165) is 34.1 Å². The molecular formula is C21H23N3O3S. The molecule has 2 N–H and O–H groups in total. The highest BCUT2D eigenvalue weighted by molar-refractivity contribution is 7.13. The highest BCUT2D eigenvalue weighted by atomic mass is 32.1. The number of aliphatic hydroxyl groups excluding tert-OH is 1. The van der Waals surface area contributed by atoms with Crippen LogP contribution in [0.25, 0.3) is 10.7 Å². The molecule has 1 unspecified atom stereocenters. The van der Waals surface area contributed by atoms with Crippen LogP contribution in [0.15, 0.2) is 41.8 Å². The van der Waals surface area contributed by atoms with E-state index in [2.05, 4.69) is 17.2 Å². The van der Waals surface area contributed by atoms with Crippen LogP contribution in [0.5, 0.6) is 0 Å². The van der Waals surface area contributed by atoms with Crippen LogP contribution in [0, 0.1) is 6.92 Å². The van der Waals surface area contributed by atoms with Gasteiger partial charge in [0.1, 0.15) is 5.82 Å². The van der Waals surface area contributed by atoms with E-state index in [1.54, 1.807) is 42.5 Å². The third-order valence-corrected chi connectivity index (χ3v) is 5.17. The maximum absolute atomic E-state index is 11.7. The number of esters is 1. The predicted octanol–water partition coefficient (Wildman–Crippen LogP) is 4.42. The van der Waals surface area contributed by atoms with Crippen molar-refractivity contribution in [2.75, 3.05) is 11.9 Å². The first-order chi connectivity index (χ1) is 13.5. The Bertz CT molecular complexity index is 940. The quantitative estimate of drug-likeness (QED) is 0.574. The molecule has 0 saturated heterocycles. The largest absolute Gasteiger partial charge is 0.464 e. The number of aromatic nitrogens is 2. The third-order valence-electron chi connectivity index (χ3n) is 4.31. The molecule has 3 aromatic rings. The summed E-state index contributed by atoms with van der Waals surface area (Å²) >= 11 is 1.60. The van der Waals surface area contributed by atoms with Crippen molar-refractivity contribution in [2.24, 2.45) is 0 Å². The topological polar surface area (TPSA) is 84.3 Å². The molecular weight excluding hydrogens is 374 g/mol. The van der Waals surface area contributed by atoms with Gasteiger partial charge in [0.05, 0.1) is 11.5 Å². The summed E-state index contributed by atoms with van der Waals surface area (Å²) in [6.45, 7) is 5.99. The molecule has 7 heteroatoms. The van der Waals surface area contributed by atoms with Gasteiger partial charge in [-0.05, 0) is 49.4 Å². The van der Waals surface area contributed by atoms with Crippen LogP contribution in [0.2, 0.25) is 0 Å². The zero-order valence-corrected chi connectivity index (χ0v) is 16.9. The van der Waals surface area contributed by atoms with Gasteiger partial charge in [0.15, 0.2) is 11.9 Å². The number of hydrogen-bond donors (Lipinski definition) is 2. The molecule has 0 bridgehead atoms. The molecule has 0 aliphatic carbocycles. The molecule has 0 spiro atoms. The van der Waals surface area contributed by atoms with E-state index in [0.29, 0.717) is 11.4 Å². The summed E-state index contributed by atoms with van der Waals surface area (Å²) in [6.07, 6.45) is -0.481. The maximum atomic E-state index is 11.7. The lowest BCUT2D eigenvalue weighted by atomic mass is 10.1. The SMILES string of the molecule is CCOC(=O)C(O)c1ccc(Nc2nc(-c3cccs3)nc(C)c2CC)cc1. The van der Waals surface area contributed by atoms with Crippen LogP contribution in [-0.4, -0.2) is 27.7 Å². The summed E-state index contributed by atoms with van der Waals surface area (Å²) in [4.78, 5) is 22.1. The Morgan fingerprint density at radius 1 is 1.21 bits per heavy atom. The Balaban J connectivity index is 1.86. The van der Waals surface area contributed by atoms with Gasteiger partial charge in [-0.15, -0.1) is 11.3 Å². The molecule has 6 nitrogen and oxygen atoms in total. The normalized spacial score (nSPS) is 11.9. The fourth-order valence-corrected chi connectivity index (χ4v) is 3.54. The smallest absolute Gasteiger partial charge is 0.339 e. The molecule has 1 atom stereocenters. The number of hydrogen-bond acceptors (Lipinski definition) is 7.